The summed E-state index contributed by atoms with van der Waals surface area (Å²) in [5.41, 5.74) is 5.19. The van der Waals surface area contributed by atoms with E-state index in [9.17, 15) is 0 Å². The second-order valence-electron chi connectivity index (χ2n) is 5.76. The van der Waals surface area contributed by atoms with Gasteiger partial charge in [-0.1, -0.05) is 41.5 Å². The standard InChI is InChI=1S/C19H25NO/c1-14-6-5-7-19(13-14)21-9-8-20-17(4)18-11-15(2)10-16(3)12-18/h5-7,10-13,17,20H,8-9H2,1-4H3. The number of nitrogens with one attached hydrogen (secondary N) is 1. The van der Waals surface area contributed by atoms with Crippen LogP contribution in [-0.4, -0.2) is 13.2 Å². The van der Waals surface area contributed by atoms with E-state index in [0.717, 1.165) is 12.3 Å². The van der Waals surface area contributed by atoms with Crippen molar-refractivity contribution in [2.45, 2.75) is 33.7 Å². The van der Waals surface area contributed by atoms with E-state index in [2.05, 4.69) is 63.3 Å². The Labute approximate surface area is 128 Å². The zero-order valence-electron chi connectivity index (χ0n) is 13.4. The van der Waals surface area contributed by atoms with Gasteiger partial charge >= 0.3 is 0 Å². The fourth-order valence-electron chi connectivity index (χ4n) is 2.53. The molecule has 1 N–H and O–H groups in total. The Morgan fingerprint density at radius 3 is 2.33 bits per heavy atom. The Kier molecular flexibility index (Phi) is 5.40. The molecule has 2 aromatic rings. The van der Waals surface area contributed by atoms with Crippen LogP contribution < -0.4 is 10.1 Å². The lowest BCUT2D eigenvalue weighted by Crippen LogP contribution is -2.24. The predicted molar refractivity (Wildman–Crippen MR) is 89.0 cm³/mol. The minimum atomic E-state index is 0.338. The van der Waals surface area contributed by atoms with Crippen molar-refractivity contribution in [3.63, 3.8) is 0 Å². The molecule has 2 heteroatoms. The highest BCUT2D eigenvalue weighted by molar-refractivity contribution is 5.30. The summed E-state index contributed by atoms with van der Waals surface area (Å²) in [5.74, 6) is 0.941. The topological polar surface area (TPSA) is 21.3 Å². The van der Waals surface area contributed by atoms with Crippen LogP contribution in [0.3, 0.4) is 0 Å². The molecule has 2 aromatic carbocycles. The van der Waals surface area contributed by atoms with Crippen molar-refractivity contribution in [2.75, 3.05) is 13.2 Å². The molecule has 0 fully saturated rings. The van der Waals surface area contributed by atoms with Crippen molar-refractivity contribution < 1.29 is 4.74 Å². The second-order valence-corrected chi connectivity index (χ2v) is 5.76. The van der Waals surface area contributed by atoms with Crippen molar-refractivity contribution in [2.24, 2.45) is 0 Å². The molecule has 2 rings (SSSR count). The second kappa shape index (κ2) is 7.28. The summed E-state index contributed by atoms with van der Waals surface area (Å²) in [6.45, 7) is 10.1. The van der Waals surface area contributed by atoms with Crippen molar-refractivity contribution in [1.82, 2.24) is 5.32 Å². The Morgan fingerprint density at radius 1 is 0.952 bits per heavy atom. The quantitative estimate of drug-likeness (QED) is 0.796. The molecule has 0 amide bonds. The molecule has 21 heavy (non-hydrogen) atoms. The van der Waals surface area contributed by atoms with E-state index < -0.39 is 0 Å². The molecular formula is C19H25NO. The third-order valence-electron chi connectivity index (χ3n) is 3.55. The van der Waals surface area contributed by atoms with E-state index in [1.807, 2.05) is 12.1 Å². The van der Waals surface area contributed by atoms with Gasteiger partial charge in [0.1, 0.15) is 12.4 Å². The fourth-order valence-corrected chi connectivity index (χ4v) is 2.53. The van der Waals surface area contributed by atoms with Gasteiger partial charge in [0.05, 0.1) is 0 Å². The Bertz CT molecular complexity index is 572. The van der Waals surface area contributed by atoms with E-state index in [1.54, 1.807) is 0 Å². The molecule has 2 nitrogen and oxygen atoms in total. The van der Waals surface area contributed by atoms with Crippen LogP contribution in [0.2, 0.25) is 0 Å². The smallest absolute Gasteiger partial charge is 0.119 e. The van der Waals surface area contributed by atoms with Crippen LogP contribution >= 0.6 is 0 Å². The van der Waals surface area contributed by atoms with Crippen LogP contribution in [0.5, 0.6) is 5.75 Å². The average Bonchev–Trinajstić information content (AvgIpc) is 2.42. The summed E-state index contributed by atoms with van der Waals surface area (Å²) in [6.07, 6.45) is 0. The monoisotopic (exact) mass is 283 g/mol. The molecule has 0 saturated heterocycles. The Balaban J connectivity index is 1.80. The number of rotatable bonds is 6. The number of aryl methyl sites for hydroxylation is 3. The Morgan fingerprint density at radius 2 is 1.67 bits per heavy atom. The third kappa shape index (κ3) is 4.91. The molecule has 1 unspecified atom stereocenters. The highest BCUT2D eigenvalue weighted by Crippen LogP contribution is 2.16. The molecule has 0 aliphatic carbocycles. The van der Waals surface area contributed by atoms with E-state index in [1.165, 1.54) is 22.3 Å². The van der Waals surface area contributed by atoms with Gasteiger partial charge in [-0.25, -0.2) is 0 Å². The van der Waals surface area contributed by atoms with Crippen LogP contribution in [-0.2, 0) is 0 Å². The maximum absolute atomic E-state index is 5.76. The minimum Gasteiger partial charge on any atom is -0.492 e. The highest BCUT2D eigenvalue weighted by atomic mass is 16.5. The lowest BCUT2D eigenvalue weighted by molar-refractivity contribution is 0.307. The summed E-state index contributed by atoms with van der Waals surface area (Å²) < 4.78 is 5.76. The van der Waals surface area contributed by atoms with Crippen LogP contribution in [0.25, 0.3) is 0 Å². The normalized spacial score (nSPS) is 12.2. The first-order valence-electron chi connectivity index (χ1n) is 7.55. The van der Waals surface area contributed by atoms with Gasteiger partial charge in [-0.2, -0.15) is 0 Å². The lowest BCUT2D eigenvalue weighted by atomic mass is 10.0. The molecular weight excluding hydrogens is 258 g/mol. The summed E-state index contributed by atoms with van der Waals surface area (Å²) >= 11 is 0. The van der Waals surface area contributed by atoms with Gasteiger partial charge in [0.25, 0.3) is 0 Å². The lowest BCUT2D eigenvalue weighted by Gasteiger charge is -2.16. The fraction of sp³-hybridized carbons (Fsp3) is 0.368. The van der Waals surface area contributed by atoms with Crippen molar-refractivity contribution in [1.29, 1.82) is 0 Å². The molecule has 0 saturated carbocycles. The van der Waals surface area contributed by atoms with Crippen molar-refractivity contribution in [3.05, 3.63) is 64.7 Å². The summed E-state index contributed by atoms with van der Waals surface area (Å²) in [5, 5.41) is 3.51. The number of benzene rings is 2. The van der Waals surface area contributed by atoms with E-state index in [0.29, 0.717) is 12.6 Å². The third-order valence-corrected chi connectivity index (χ3v) is 3.55. The molecule has 112 valence electrons. The summed E-state index contributed by atoms with van der Waals surface area (Å²) in [4.78, 5) is 0. The molecule has 0 bridgehead atoms. The molecule has 0 heterocycles. The van der Waals surface area contributed by atoms with Gasteiger partial charge in [-0.15, -0.1) is 0 Å². The molecule has 0 radical (unpaired) electrons. The first-order valence-corrected chi connectivity index (χ1v) is 7.55. The predicted octanol–water partition coefficient (Wildman–Crippen LogP) is 4.34. The zero-order valence-corrected chi connectivity index (χ0v) is 13.4. The molecule has 0 aliphatic heterocycles. The van der Waals surface area contributed by atoms with Crippen LogP contribution in [0.1, 0.15) is 35.2 Å². The first kappa shape index (κ1) is 15.6. The van der Waals surface area contributed by atoms with Crippen LogP contribution in [0.15, 0.2) is 42.5 Å². The average molecular weight is 283 g/mol. The largest absolute Gasteiger partial charge is 0.492 e. The van der Waals surface area contributed by atoms with Crippen molar-refractivity contribution in [3.8, 4) is 5.75 Å². The van der Waals surface area contributed by atoms with Gasteiger partial charge < -0.3 is 10.1 Å². The molecule has 0 aromatic heterocycles. The van der Waals surface area contributed by atoms with Crippen molar-refractivity contribution >= 4 is 0 Å². The SMILES string of the molecule is Cc1cccc(OCCNC(C)c2cc(C)cc(C)c2)c1. The minimum absolute atomic E-state index is 0.338. The number of hydrogen-bond donors (Lipinski definition) is 1. The van der Waals surface area contributed by atoms with Crippen LogP contribution in [0, 0.1) is 20.8 Å². The van der Waals surface area contributed by atoms with E-state index in [-0.39, 0.29) is 0 Å². The maximum Gasteiger partial charge on any atom is 0.119 e. The van der Waals surface area contributed by atoms with E-state index >= 15 is 0 Å². The van der Waals surface area contributed by atoms with Gasteiger partial charge in [0.15, 0.2) is 0 Å². The van der Waals surface area contributed by atoms with Gasteiger partial charge in [-0.05, 0) is 51.0 Å². The van der Waals surface area contributed by atoms with Gasteiger partial charge in [-0.3, -0.25) is 0 Å². The van der Waals surface area contributed by atoms with Gasteiger partial charge in [0.2, 0.25) is 0 Å². The first-order chi connectivity index (χ1) is 10.0. The maximum atomic E-state index is 5.76. The molecule has 0 spiro atoms. The van der Waals surface area contributed by atoms with Gasteiger partial charge in [0, 0.05) is 12.6 Å². The summed E-state index contributed by atoms with van der Waals surface area (Å²) in [6, 6.07) is 15.2. The molecule has 0 aliphatic rings. The number of hydrogen-bond acceptors (Lipinski definition) is 2. The Hall–Kier alpha value is -1.80. The van der Waals surface area contributed by atoms with E-state index in [4.69, 9.17) is 4.74 Å². The highest BCUT2D eigenvalue weighted by Gasteiger charge is 2.05. The molecule has 1 atom stereocenters. The summed E-state index contributed by atoms with van der Waals surface area (Å²) in [7, 11) is 0. The van der Waals surface area contributed by atoms with Crippen LogP contribution in [0.4, 0.5) is 0 Å². The number of ether oxygens (including phenoxy) is 1. The zero-order chi connectivity index (χ0) is 15.2.